The molecule has 0 saturated heterocycles. The summed E-state index contributed by atoms with van der Waals surface area (Å²) in [7, 11) is 0. The second kappa shape index (κ2) is 8.77. The molecule has 2 aromatic rings. The van der Waals surface area contributed by atoms with E-state index in [1.54, 1.807) is 13.0 Å². The van der Waals surface area contributed by atoms with E-state index in [9.17, 15) is 14.0 Å². The zero-order chi connectivity index (χ0) is 22.8. The summed E-state index contributed by atoms with van der Waals surface area (Å²) in [6.45, 7) is 8.33. The average Bonchev–Trinajstić information content (AvgIpc) is 2.68. The van der Waals surface area contributed by atoms with Gasteiger partial charge in [0, 0.05) is 11.1 Å². The van der Waals surface area contributed by atoms with Crippen LogP contribution in [0.25, 0.3) is 5.57 Å². The van der Waals surface area contributed by atoms with Gasteiger partial charge >= 0.3 is 11.9 Å². The molecule has 0 aromatic heterocycles. The molecule has 0 fully saturated rings. The van der Waals surface area contributed by atoms with E-state index in [0.29, 0.717) is 17.7 Å². The molecule has 31 heavy (non-hydrogen) atoms. The lowest BCUT2D eigenvalue weighted by molar-refractivity contribution is -0.137. The van der Waals surface area contributed by atoms with Gasteiger partial charge in [0.2, 0.25) is 0 Å². The summed E-state index contributed by atoms with van der Waals surface area (Å²) in [5, 5.41) is 8.82. The number of benzene rings is 2. The predicted molar refractivity (Wildman–Crippen MR) is 117 cm³/mol. The topological polar surface area (TPSA) is 63.6 Å². The molecule has 0 atom stereocenters. The molecule has 5 heteroatoms. The highest BCUT2D eigenvalue weighted by molar-refractivity contribution is 6.18. The summed E-state index contributed by atoms with van der Waals surface area (Å²) < 4.78 is 19.4. The van der Waals surface area contributed by atoms with Crippen LogP contribution in [-0.4, -0.2) is 23.7 Å². The van der Waals surface area contributed by atoms with Crippen molar-refractivity contribution in [3.63, 3.8) is 0 Å². The van der Waals surface area contributed by atoms with Gasteiger partial charge in [0.25, 0.3) is 0 Å². The number of aliphatic carboxylic acids is 1. The number of carbonyl (C=O) groups is 2. The molecule has 0 unspecified atom stereocenters. The van der Waals surface area contributed by atoms with Gasteiger partial charge in [-0.25, -0.2) is 9.18 Å². The number of ether oxygens (including phenoxy) is 1. The molecule has 0 amide bonds. The quantitative estimate of drug-likeness (QED) is 0.566. The monoisotopic (exact) mass is 420 g/mol. The van der Waals surface area contributed by atoms with Gasteiger partial charge in [-0.15, -0.1) is 0 Å². The molecular formula is C26H25FO4. The lowest BCUT2D eigenvalue weighted by Gasteiger charge is -2.34. The third-order valence-electron chi connectivity index (χ3n) is 5.38. The maximum Gasteiger partial charge on any atom is 0.338 e. The Labute approximate surface area is 181 Å². The number of carboxylic acids is 1. The van der Waals surface area contributed by atoms with Crippen molar-refractivity contribution >= 4 is 17.5 Å². The number of hydrogen-bond donors (Lipinski definition) is 1. The van der Waals surface area contributed by atoms with Crippen LogP contribution < -0.4 is 0 Å². The van der Waals surface area contributed by atoms with Crippen LogP contribution in [0.1, 0.15) is 61.9 Å². The first kappa shape index (κ1) is 22.3. The average molecular weight is 420 g/mol. The number of allylic oxidation sites excluding steroid dienone is 1. The maximum absolute atomic E-state index is 14.1. The molecule has 0 heterocycles. The number of esters is 1. The molecule has 0 aliphatic heterocycles. The molecule has 0 radical (unpaired) electrons. The Bertz CT molecular complexity index is 1150. The van der Waals surface area contributed by atoms with E-state index in [-0.39, 0.29) is 23.4 Å². The van der Waals surface area contributed by atoms with E-state index in [1.165, 1.54) is 12.1 Å². The molecule has 160 valence electrons. The molecule has 3 rings (SSSR count). The van der Waals surface area contributed by atoms with E-state index in [4.69, 9.17) is 9.84 Å². The van der Waals surface area contributed by atoms with Crippen molar-refractivity contribution < 1.29 is 23.8 Å². The van der Waals surface area contributed by atoms with Crippen LogP contribution in [0.4, 0.5) is 4.39 Å². The Hall–Kier alpha value is -3.39. The Morgan fingerprint density at radius 3 is 2.39 bits per heavy atom. The molecule has 1 aliphatic carbocycles. The van der Waals surface area contributed by atoms with E-state index in [1.807, 2.05) is 25.1 Å². The van der Waals surface area contributed by atoms with Crippen LogP contribution in [0.5, 0.6) is 0 Å². The number of fused-ring (bicyclic) bond motifs is 1. The molecular weight excluding hydrogens is 395 g/mol. The lowest BCUT2D eigenvalue weighted by Crippen LogP contribution is -2.26. The van der Waals surface area contributed by atoms with Crippen LogP contribution in [-0.2, 0) is 26.2 Å². The first-order chi connectivity index (χ1) is 14.6. The summed E-state index contributed by atoms with van der Waals surface area (Å²) in [4.78, 5) is 23.3. The van der Waals surface area contributed by atoms with Crippen LogP contribution in [0.3, 0.4) is 0 Å². The molecule has 1 N–H and O–H groups in total. The largest absolute Gasteiger partial charge is 0.481 e. The maximum atomic E-state index is 14.1. The van der Waals surface area contributed by atoms with Crippen LogP contribution in [0.2, 0.25) is 0 Å². The number of rotatable bonds is 4. The first-order valence-corrected chi connectivity index (χ1v) is 10.2. The van der Waals surface area contributed by atoms with Crippen LogP contribution in [0.15, 0.2) is 42.0 Å². The zero-order valence-electron chi connectivity index (χ0n) is 18.1. The van der Waals surface area contributed by atoms with Gasteiger partial charge in [-0.05, 0) is 66.6 Å². The second-order valence-electron chi connectivity index (χ2n) is 8.32. The predicted octanol–water partition coefficient (Wildman–Crippen LogP) is 4.87. The van der Waals surface area contributed by atoms with Gasteiger partial charge in [-0.2, -0.15) is 0 Å². The van der Waals surface area contributed by atoms with Crippen LogP contribution >= 0.6 is 0 Å². The van der Waals surface area contributed by atoms with Crippen molar-refractivity contribution in [2.75, 3.05) is 6.61 Å². The second-order valence-corrected chi connectivity index (χ2v) is 8.32. The summed E-state index contributed by atoms with van der Waals surface area (Å²) in [5.41, 5.74) is 4.69. The molecule has 4 nitrogen and oxygen atoms in total. The highest BCUT2D eigenvalue weighted by Gasteiger charge is 2.34. The molecule has 0 spiro atoms. The Morgan fingerprint density at radius 1 is 1.13 bits per heavy atom. The molecule has 2 aromatic carbocycles. The van der Waals surface area contributed by atoms with Gasteiger partial charge in [0.15, 0.2) is 0 Å². The SMILES string of the molecule is CCOC(=O)C1=C(C)CC(C)(C)c2cc(C#Cc3ccc(CC(=O)O)c(F)c3)ccc21. The fraction of sp³-hybridized carbons (Fsp3) is 0.308. The van der Waals surface area contributed by atoms with E-state index in [2.05, 4.69) is 25.7 Å². The minimum absolute atomic E-state index is 0.127. The molecule has 0 bridgehead atoms. The standard InChI is InChI=1S/C26H25FO4/c1-5-31-25(30)24-16(2)15-26(3,4)21-12-17(9-11-20(21)24)6-7-18-8-10-19(14-23(28)29)22(27)13-18/h8-13H,5,14-15H2,1-4H3,(H,28,29). The number of carbonyl (C=O) groups excluding carboxylic acids is 1. The highest BCUT2D eigenvalue weighted by atomic mass is 19.1. The lowest BCUT2D eigenvalue weighted by atomic mass is 9.70. The van der Waals surface area contributed by atoms with Crippen molar-refractivity contribution in [3.05, 3.63) is 75.6 Å². The molecule has 0 saturated carbocycles. The van der Waals surface area contributed by atoms with Gasteiger partial charge < -0.3 is 9.84 Å². The minimum atomic E-state index is -1.08. The fourth-order valence-corrected chi connectivity index (χ4v) is 4.04. The first-order valence-electron chi connectivity index (χ1n) is 10.2. The third-order valence-corrected chi connectivity index (χ3v) is 5.38. The Morgan fingerprint density at radius 2 is 1.77 bits per heavy atom. The van der Waals surface area contributed by atoms with Gasteiger partial charge in [-0.3, -0.25) is 4.79 Å². The van der Waals surface area contributed by atoms with E-state index < -0.39 is 11.8 Å². The van der Waals surface area contributed by atoms with Crippen molar-refractivity contribution in [1.29, 1.82) is 0 Å². The fourth-order valence-electron chi connectivity index (χ4n) is 4.04. The molecule has 1 aliphatic rings. The minimum Gasteiger partial charge on any atom is -0.481 e. The van der Waals surface area contributed by atoms with Gasteiger partial charge in [-0.1, -0.05) is 43.4 Å². The van der Waals surface area contributed by atoms with E-state index >= 15 is 0 Å². The van der Waals surface area contributed by atoms with Crippen molar-refractivity contribution in [3.8, 4) is 11.8 Å². The summed E-state index contributed by atoms with van der Waals surface area (Å²) in [6.07, 6.45) is 0.371. The van der Waals surface area contributed by atoms with Gasteiger partial charge in [0.1, 0.15) is 5.82 Å². The Kier molecular flexibility index (Phi) is 6.31. The van der Waals surface area contributed by atoms with Crippen molar-refractivity contribution in [2.45, 2.75) is 46.0 Å². The van der Waals surface area contributed by atoms with E-state index in [0.717, 1.165) is 28.7 Å². The summed E-state index contributed by atoms with van der Waals surface area (Å²) in [5.74, 6) is 4.01. The van der Waals surface area contributed by atoms with Crippen molar-refractivity contribution in [1.82, 2.24) is 0 Å². The van der Waals surface area contributed by atoms with Crippen LogP contribution in [0, 0.1) is 17.7 Å². The number of carboxylic acid groups (broad SMARTS) is 1. The van der Waals surface area contributed by atoms with Crippen molar-refractivity contribution in [2.24, 2.45) is 0 Å². The van der Waals surface area contributed by atoms with Gasteiger partial charge in [0.05, 0.1) is 18.6 Å². The smallest absolute Gasteiger partial charge is 0.338 e. The normalized spacial score (nSPS) is 14.4. The Balaban J connectivity index is 1.96. The summed E-state index contributed by atoms with van der Waals surface area (Å²) in [6, 6.07) is 10.0. The number of hydrogen-bond acceptors (Lipinski definition) is 3. The highest BCUT2D eigenvalue weighted by Crippen LogP contribution is 2.43. The summed E-state index contributed by atoms with van der Waals surface area (Å²) >= 11 is 0. The number of halogens is 1. The third kappa shape index (κ3) is 4.86. The zero-order valence-corrected chi connectivity index (χ0v) is 18.1.